The standard InChI is InChI=1S/C22H25N3O4S/c1-5-16-7-12-20-19(13-16)14(3)21(25(20)6-2)22(27)23-17-8-10-18(11-9-17)30(28,29)24-15(4)26/h7-13H,5-6H2,1-4H3,(H,23,27)(H,24,26). The van der Waals surface area contributed by atoms with Crippen LogP contribution in [0.3, 0.4) is 0 Å². The predicted molar refractivity (Wildman–Crippen MR) is 117 cm³/mol. The first kappa shape index (κ1) is 21.6. The average Bonchev–Trinajstić information content (AvgIpc) is 2.98. The molecule has 3 aromatic rings. The van der Waals surface area contributed by atoms with E-state index in [2.05, 4.69) is 24.4 Å². The van der Waals surface area contributed by atoms with E-state index in [-0.39, 0.29) is 10.8 Å². The quantitative estimate of drug-likeness (QED) is 0.628. The predicted octanol–water partition coefficient (Wildman–Crippen LogP) is 3.61. The first-order valence-electron chi connectivity index (χ1n) is 9.74. The zero-order chi connectivity index (χ0) is 22.1. The van der Waals surface area contributed by atoms with Gasteiger partial charge in [0, 0.05) is 30.1 Å². The van der Waals surface area contributed by atoms with Gasteiger partial charge in [-0.05, 0) is 67.8 Å². The molecule has 0 saturated carbocycles. The summed E-state index contributed by atoms with van der Waals surface area (Å²) in [6, 6.07) is 11.9. The Kier molecular flexibility index (Phi) is 5.98. The summed E-state index contributed by atoms with van der Waals surface area (Å²) in [7, 11) is -3.91. The first-order valence-corrected chi connectivity index (χ1v) is 11.2. The molecule has 30 heavy (non-hydrogen) atoms. The van der Waals surface area contributed by atoms with E-state index < -0.39 is 15.9 Å². The lowest BCUT2D eigenvalue weighted by molar-refractivity contribution is -0.117. The minimum Gasteiger partial charge on any atom is -0.337 e. The van der Waals surface area contributed by atoms with E-state index in [0.29, 0.717) is 17.9 Å². The van der Waals surface area contributed by atoms with Crippen molar-refractivity contribution in [1.29, 1.82) is 0 Å². The Morgan fingerprint density at radius 1 is 1.03 bits per heavy atom. The monoisotopic (exact) mass is 427 g/mol. The van der Waals surface area contributed by atoms with E-state index in [1.807, 2.05) is 29.2 Å². The molecule has 158 valence electrons. The van der Waals surface area contributed by atoms with Crippen LogP contribution in [-0.4, -0.2) is 24.8 Å². The maximum Gasteiger partial charge on any atom is 0.272 e. The fraction of sp³-hybridized carbons (Fsp3) is 0.273. The third-order valence-electron chi connectivity index (χ3n) is 5.02. The summed E-state index contributed by atoms with van der Waals surface area (Å²) in [6.07, 6.45) is 0.919. The van der Waals surface area contributed by atoms with Crippen LogP contribution in [0.4, 0.5) is 5.69 Å². The SMILES string of the molecule is CCc1ccc2c(c1)c(C)c(C(=O)Nc1ccc(S(=O)(=O)NC(C)=O)cc1)n2CC. The van der Waals surface area contributed by atoms with Crippen molar-refractivity contribution in [2.45, 2.75) is 45.6 Å². The van der Waals surface area contributed by atoms with Gasteiger partial charge in [0.15, 0.2) is 0 Å². The summed E-state index contributed by atoms with van der Waals surface area (Å²) in [5, 5.41) is 3.89. The lowest BCUT2D eigenvalue weighted by atomic mass is 10.1. The molecule has 7 nitrogen and oxygen atoms in total. The molecule has 1 aromatic heterocycles. The highest BCUT2D eigenvalue weighted by Gasteiger charge is 2.20. The molecule has 0 atom stereocenters. The lowest BCUT2D eigenvalue weighted by Gasteiger charge is -2.11. The van der Waals surface area contributed by atoms with E-state index in [1.54, 1.807) is 0 Å². The number of anilines is 1. The maximum atomic E-state index is 13.1. The fourth-order valence-corrected chi connectivity index (χ4v) is 4.56. The number of rotatable bonds is 6. The molecule has 0 saturated heterocycles. The number of fused-ring (bicyclic) bond motifs is 1. The van der Waals surface area contributed by atoms with Gasteiger partial charge in [-0.3, -0.25) is 9.59 Å². The van der Waals surface area contributed by atoms with Crippen molar-refractivity contribution in [3.8, 4) is 0 Å². The van der Waals surface area contributed by atoms with Crippen molar-refractivity contribution >= 4 is 38.4 Å². The Balaban J connectivity index is 1.92. The highest BCUT2D eigenvalue weighted by molar-refractivity contribution is 7.90. The largest absolute Gasteiger partial charge is 0.337 e. The van der Waals surface area contributed by atoms with Crippen LogP contribution in [0.15, 0.2) is 47.4 Å². The smallest absolute Gasteiger partial charge is 0.272 e. The van der Waals surface area contributed by atoms with Gasteiger partial charge in [-0.1, -0.05) is 13.0 Å². The Morgan fingerprint density at radius 2 is 1.70 bits per heavy atom. The van der Waals surface area contributed by atoms with E-state index >= 15 is 0 Å². The van der Waals surface area contributed by atoms with Gasteiger partial charge in [0.1, 0.15) is 5.69 Å². The number of aryl methyl sites for hydroxylation is 3. The number of carbonyl (C=O) groups is 2. The third-order valence-corrected chi connectivity index (χ3v) is 6.47. The lowest BCUT2D eigenvalue weighted by Crippen LogP contribution is -2.28. The van der Waals surface area contributed by atoms with Gasteiger partial charge in [0.05, 0.1) is 4.90 Å². The Labute approximate surface area is 176 Å². The molecule has 0 unspecified atom stereocenters. The van der Waals surface area contributed by atoms with Crippen LogP contribution >= 0.6 is 0 Å². The molecular formula is C22H25N3O4S. The highest BCUT2D eigenvalue weighted by atomic mass is 32.2. The van der Waals surface area contributed by atoms with Gasteiger partial charge in [-0.15, -0.1) is 0 Å². The van der Waals surface area contributed by atoms with Crippen LogP contribution in [0.5, 0.6) is 0 Å². The molecule has 0 aliphatic rings. The molecule has 3 rings (SSSR count). The molecule has 2 aromatic carbocycles. The van der Waals surface area contributed by atoms with Gasteiger partial charge >= 0.3 is 0 Å². The number of nitrogens with one attached hydrogen (secondary N) is 2. The molecule has 2 N–H and O–H groups in total. The fourth-order valence-electron chi connectivity index (χ4n) is 3.57. The minimum atomic E-state index is -3.91. The van der Waals surface area contributed by atoms with Crippen LogP contribution in [0.1, 0.15) is 42.4 Å². The van der Waals surface area contributed by atoms with E-state index in [0.717, 1.165) is 29.8 Å². The summed E-state index contributed by atoms with van der Waals surface area (Å²) < 4.78 is 28.0. The summed E-state index contributed by atoms with van der Waals surface area (Å²) in [4.78, 5) is 24.1. The number of nitrogens with zero attached hydrogens (tertiary/aromatic N) is 1. The van der Waals surface area contributed by atoms with Gasteiger partial charge < -0.3 is 9.88 Å². The zero-order valence-corrected chi connectivity index (χ0v) is 18.3. The molecule has 0 aliphatic heterocycles. The number of hydrogen-bond acceptors (Lipinski definition) is 4. The van der Waals surface area contributed by atoms with Crippen molar-refractivity contribution in [2.24, 2.45) is 0 Å². The highest BCUT2D eigenvalue weighted by Crippen LogP contribution is 2.28. The number of aromatic nitrogens is 1. The van der Waals surface area contributed by atoms with Crippen LogP contribution in [0.25, 0.3) is 10.9 Å². The van der Waals surface area contributed by atoms with Gasteiger partial charge in [0.25, 0.3) is 15.9 Å². The van der Waals surface area contributed by atoms with Crippen molar-refractivity contribution in [1.82, 2.24) is 9.29 Å². The number of hydrogen-bond donors (Lipinski definition) is 2. The second-order valence-corrected chi connectivity index (χ2v) is 8.75. The molecule has 0 bridgehead atoms. The van der Waals surface area contributed by atoms with E-state index in [9.17, 15) is 18.0 Å². The molecule has 8 heteroatoms. The van der Waals surface area contributed by atoms with Crippen molar-refractivity contribution < 1.29 is 18.0 Å². The van der Waals surface area contributed by atoms with E-state index in [1.165, 1.54) is 29.8 Å². The second kappa shape index (κ2) is 8.31. The summed E-state index contributed by atoms with van der Waals surface area (Å²) in [6.45, 7) is 7.80. The van der Waals surface area contributed by atoms with Crippen molar-refractivity contribution in [3.63, 3.8) is 0 Å². The molecule has 0 aliphatic carbocycles. The normalized spacial score (nSPS) is 11.5. The van der Waals surface area contributed by atoms with E-state index in [4.69, 9.17) is 0 Å². The Bertz CT molecular complexity index is 1230. The number of carbonyl (C=O) groups excluding carboxylic acids is 2. The third kappa shape index (κ3) is 4.09. The second-order valence-electron chi connectivity index (χ2n) is 7.06. The Morgan fingerprint density at radius 3 is 2.27 bits per heavy atom. The number of sulfonamides is 1. The molecule has 0 fully saturated rings. The molecule has 0 radical (unpaired) electrons. The summed E-state index contributed by atoms with van der Waals surface area (Å²) in [5.41, 5.74) is 4.17. The molecule has 1 heterocycles. The van der Waals surface area contributed by atoms with Crippen LogP contribution in [-0.2, 0) is 27.8 Å². The summed E-state index contributed by atoms with van der Waals surface area (Å²) in [5.74, 6) is -0.928. The van der Waals surface area contributed by atoms with Crippen molar-refractivity contribution in [2.75, 3.05) is 5.32 Å². The molecular weight excluding hydrogens is 402 g/mol. The van der Waals surface area contributed by atoms with Gasteiger partial charge in [-0.2, -0.15) is 0 Å². The van der Waals surface area contributed by atoms with Crippen LogP contribution in [0, 0.1) is 6.92 Å². The summed E-state index contributed by atoms with van der Waals surface area (Å²) >= 11 is 0. The molecule has 2 amide bonds. The Hall–Kier alpha value is -3.13. The number of amides is 2. The maximum absolute atomic E-state index is 13.1. The van der Waals surface area contributed by atoms with Gasteiger partial charge in [0.2, 0.25) is 5.91 Å². The topological polar surface area (TPSA) is 97.3 Å². The number of benzene rings is 2. The van der Waals surface area contributed by atoms with Crippen LogP contribution < -0.4 is 10.0 Å². The zero-order valence-electron chi connectivity index (χ0n) is 17.4. The first-order chi connectivity index (χ1) is 14.2. The average molecular weight is 428 g/mol. The van der Waals surface area contributed by atoms with Gasteiger partial charge in [-0.25, -0.2) is 13.1 Å². The van der Waals surface area contributed by atoms with Crippen molar-refractivity contribution in [3.05, 3.63) is 59.3 Å². The van der Waals surface area contributed by atoms with Crippen LogP contribution in [0.2, 0.25) is 0 Å². The minimum absolute atomic E-state index is 0.0540. The molecule has 0 spiro atoms.